The van der Waals surface area contributed by atoms with E-state index in [2.05, 4.69) is 15.9 Å². The summed E-state index contributed by atoms with van der Waals surface area (Å²) < 4.78 is 0.518. The minimum atomic E-state index is -0.618. The fourth-order valence-corrected chi connectivity index (χ4v) is 2.28. The van der Waals surface area contributed by atoms with Gasteiger partial charge in [0, 0.05) is 21.6 Å². The molecule has 0 bridgehead atoms. The molecule has 0 aliphatic rings. The van der Waals surface area contributed by atoms with Crippen LogP contribution in [0.5, 0.6) is 0 Å². The molecule has 8 heteroatoms. The molecule has 0 saturated heterocycles. The molecule has 0 saturated carbocycles. The Hall–Kier alpha value is -1.99. The van der Waals surface area contributed by atoms with Gasteiger partial charge < -0.3 is 0 Å². The van der Waals surface area contributed by atoms with Gasteiger partial charge in [-0.1, -0.05) is 27.5 Å². The summed E-state index contributed by atoms with van der Waals surface area (Å²) in [6.45, 7) is 0. The van der Waals surface area contributed by atoms with Crippen LogP contribution in [-0.2, 0) is 0 Å². The number of hydrogen-bond donors (Lipinski definition) is 0. The van der Waals surface area contributed by atoms with E-state index in [1.165, 1.54) is 30.3 Å². The van der Waals surface area contributed by atoms with Gasteiger partial charge in [0.25, 0.3) is 11.4 Å². The maximum Gasteiger partial charge on any atom is 0.278 e. The molecule has 20 heavy (non-hydrogen) atoms. The Bertz CT molecular complexity index is 659. The van der Waals surface area contributed by atoms with E-state index in [0.717, 1.165) is 0 Å². The van der Waals surface area contributed by atoms with Gasteiger partial charge in [-0.25, -0.2) is 0 Å². The smallest absolute Gasteiger partial charge is 0.258 e. The van der Waals surface area contributed by atoms with Crippen LogP contribution < -0.4 is 0 Å². The quantitative estimate of drug-likeness (QED) is 0.594. The zero-order valence-corrected chi connectivity index (χ0v) is 12.1. The Balaban J connectivity index is 2.75. The van der Waals surface area contributed by atoms with Crippen molar-refractivity contribution < 1.29 is 9.85 Å². The van der Waals surface area contributed by atoms with E-state index in [1.807, 2.05) is 0 Å². The Morgan fingerprint density at radius 3 is 1.95 bits per heavy atom. The highest BCUT2D eigenvalue weighted by Gasteiger charge is 2.23. The van der Waals surface area contributed by atoms with Crippen molar-refractivity contribution in [3.8, 4) is 11.1 Å². The first-order valence-electron chi connectivity index (χ1n) is 5.28. The van der Waals surface area contributed by atoms with Crippen LogP contribution in [0.3, 0.4) is 0 Å². The number of nitro benzene ring substituents is 2. The second-order valence-electron chi connectivity index (χ2n) is 3.84. The minimum Gasteiger partial charge on any atom is -0.258 e. The maximum absolute atomic E-state index is 11.1. The Labute approximate surface area is 126 Å². The average molecular weight is 358 g/mol. The van der Waals surface area contributed by atoms with Gasteiger partial charge in [-0.05, 0) is 24.3 Å². The summed E-state index contributed by atoms with van der Waals surface area (Å²) in [5.41, 5.74) is -0.173. The van der Waals surface area contributed by atoms with Gasteiger partial charge in [-0.15, -0.1) is 0 Å². The van der Waals surface area contributed by atoms with Gasteiger partial charge in [-0.3, -0.25) is 20.2 Å². The molecule has 0 radical (unpaired) electrons. The normalized spacial score (nSPS) is 10.3. The first kappa shape index (κ1) is 14.4. The van der Waals surface area contributed by atoms with Gasteiger partial charge >= 0.3 is 0 Å². The van der Waals surface area contributed by atoms with E-state index in [9.17, 15) is 20.2 Å². The summed E-state index contributed by atoms with van der Waals surface area (Å²) in [4.78, 5) is 20.9. The SMILES string of the molecule is O=[N+]([O-])c1cc(Cl)ccc1-c1ccc(Br)cc1[N+](=O)[O-]. The topological polar surface area (TPSA) is 86.3 Å². The zero-order chi connectivity index (χ0) is 14.9. The number of nitrogens with zero attached hydrogens (tertiary/aromatic N) is 2. The molecule has 0 amide bonds. The third-order valence-electron chi connectivity index (χ3n) is 2.60. The average Bonchev–Trinajstić information content (AvgIpc) is 2.38. The highest BCUT2D eigenvalue weighted by atomic mass is 79.9. The number of nitro groups is 2. The van der Waals surface area contributed by atoms with E-state index in [4.69, 9.17) is 11.6 Å². The molecule has 0 aliphatic carbocycles. The number of hydrogen-bond acceptors (Lipinski definition) is 4. The molecular formula is C12H6BrClN2O4. The Kier molecular flexibility index (Phi) is 4.01. The highest BCUT2D eigenvalue weighted by molar-refractivity contribution is 9.10. The van der Waals surface area contributed by atoms with Crippen LogP contribution in [0.1, 0.15) is 0 Å². The molecule has 102 valence electrons. The molecule has 0 unspecified atom stereocenters. The maximum atomic E-state index is 11.1. The van der Waals surface area contributed by atoms with Gasteiger partial charge in [0.1, 0.15) is 0 Å². The summed E-state index contributed by atoms with van der Waals surface area (Å²) in [5, 5.41) is 22.3. The van der Waals surface area contributed by atoms with Gasteiger partial charge in [0.15, 0.2) is 0 Å². The van der Waals surface area contributed by atoms with Crippen LogP contribution in [0.25, 0.3) is 11.1 Å². The van der Waals surface area contributed by atoms with E-state index in [-0.39, 0.29) is 27.5 Å². The lowest BCUT2D eigenvalue weighted by molar-refractivity contribution is -0.386. The lowest BCUT2D eigenvalue weighted by Gasteiger charge is -2.05. The van der Waals surface area contributed by atoms with Crippen LogP contribution in [0.15, 0.2) is 40.9 Å². The fourth-order valence-electron chi connectivity index (χ4n) is 1.77. The summed E-state index contributed by atoms with van der Waals surface area (Å²) in [6.07, 6.45) is 0. The van der Waals surface area contributed by atoms with Crippen LogP contribution in [0, 0.1) is 20.2 Å². The van der Waals surface area contributed by atoms with Crippen molar-refractivity contribution in [3.05, 3.63) is 66.1 Å². The Morgan fingerprint density at radius 1 is 0.900 bits per heavy atom. The zero-order valence-electron chi connectivity index (χ0n) is 9.75. The lowest BCUT2D eigenvalue weighted by Crippen LogP contribution is -1.96. The van der Waals surface area contributed by atoms with Crippen molar-refractivity contribution in [1.29, 1.82) is 0 Å². The monoisotopic (exact) mass is 356 g/mol. The first-order valence-corrected chi connectivity index (χ1v) is 6.45. The van der Waals surface area contributed by atoms with E-state index in [0.29, 0.717) is 4.47 Å². The summed E-state index contributed by atoms with van der Waals surface area (Å²) in [7, 11) is 0. The molecule has 0 heterocycles. The summed E-state index contributed by atoms with van der Waals surface area (Å²) in [6, 6.07) is 8.36. The molecule has 0 atom stereocenters. The molecule has 0 spiro atoms. The summed E-state index contributed by atoms with van der Waals surface area (Å²) >= 11 is 8.87. The van der Waals surface area contributed by atoms with Crippen LogP contribution in [0.4, 0.5) is 11.4 Å². The van der Waals surface area contributed by atoms with Crippen molar-refractivity contribution in [1.82, 2.24) is 0 Å². The first-order chi connectivity index (χ1) is 9.40. The molecule has 2 aromatic rings. The van der Waals surface area contributed by atoms with Crippen LogP contribution in [0.2, 0.25) is 5.02 Å². The van der Waals surface area contributed by atoms with Crippen molar-refractivity contribution >= 4 is 38.9 Å². The Morgan fingerprint density at radius 2 is 1.40 bits per heavy atom. The molecule has 0 N–H and O–H groups in total. The third kappa shape index (κ3) is 2.78. The third-order valence-corrected chi connectivity index (χ3v) is 3.33. The molecule has 2 aromatic carbocycles. The van der Waals surface area contributed by atoms with Crippen LogP contribution >= 0.6 is 27.5 Å². The lowest BCUT2D eigenvalue weighted by atomic mass is 10.0. The van der Waals surface area contributed by atoms with E-state index in [1.54, 1.807) is 6.07 Å². The number of halogens is 2. The molecule has 0 aliphatic heterocycles. The second kappa shape index (κ2) is 5.56. The second-order valence-corrected chi connectivity index (χ2v) is 5.19. The van der Waals surface area contributed by atoms with Crippen LogP contribution in [-0.4, -0.2) is 9.85 Å². The van der Waals surface area contributed by atoms with Gasteiger partial charge in [0.2, 0.25) is 0 Å². The largest absolute Gasteiger partial charge is 0.278 e. The predicted molar refractivity (Wildman–Crippen MR) is 77.9 cm³/mol. The molecule has 0 aromatic heterocycles. The van der Waals surface area contributed by atoms with Crippen molar-refractivity contribution in [3.63, 3.8) is 0 Å². The van der Waals surface area contributed by atoms with E-state index >= 15 is 0 Å². The minimum absolute atomic E-state index is 0.151. The summed E-state index contributed by atoms with van der Waals surface area (Å²) in [5.74, 6) is 0. The molecule has 0 fully saturated rings. The number of benzene rings is 2. The molecule has 6 nitrogen and oxygen atoms in total. The molecular weight excluding hydrogens is 351 g/mol. The molecule has 2 rings (SSSR count). The highest BCUT2D eigenvalue weighted by Crippen LogP contribution is 2.38. The number of rotatable bonds is 3. The standard InChI is InChI=1S/C12H6BrClN2O4/c13-7-1-3-9(11(5-7)15(17)18)10-4-2-8(14)6-12(10)16(19)20/h1-6H. The predicted octanol–water partition coefficient (Wildman–Crippen LogP) is 4.59. The van der Waals surface area contributed by atoms with Crippen molar-refractivity contribution in [2.45, 2.75) is 0 Å². The van der Waals surface area contributed by atoms with Gasteiger partial charge in [0.05, 0.1) is 21.0 Å². The van der Waals surface area contributed by atoms with E-state index < -0.39 is 9.85 Å². The van der Waals surface area contributed by atoms with Crippen molar-refractivity contribution in [2.75, 3.05) is 0 Å². The fraction of sp³-hybridized carbons (Fsp3) is 0. The van der Waals surface area contributed by atoms with Gasteiger partial charge in [-0.2, -0.15) is 0 Å². The van der Waals surface area contributed by atoms with Crippen molar-refractivity contribution in [2.24, 2.45) is 0 Å².